The van der Waals surface area contributed by atoms with E-state index in [-0.39, 0.29) is 5.82 Å². The van der Waals surface area contributed by atoms with Crippen LogP contribution in [0.2, 0.25) is 0 Å². The summed E-state index contributed by atoms with van der Waals surface area (Å²) >= 11 is 0. The van der Waals surface area contributed by atoms with Crippen molar-refractivity contribution in [3.8, 4) is 5.75 Å². The number of ether oxygens (including phenoxy) is 1. The summed E-state index contributed by atoms with van der Waals surface area (Å²) in [7, 11) is 1.61. The lowest BCUT2D eigenvalue weighted by atomic mass is 10.1. The molecule has 2 aromatic rings. The largest absolute Gasteiger partial charge is 0.493 e. The highest BCUT2D eigenvalue weighted by Gasteiger charge is 2.02. The molecular formula is C14H15FN2O. The first kappa shape index (κ1) is 12.4. The number of anilines is 1. The number of nitrogens with one attached hydrogen (secondary N) is 1. The zero-order valence-corrected chi connectivity index (χ0v) is 10.2. The first-order chi connectivity index (χ1) is 8.79. The topological polar surface area (TPSA) is 34.1 Å². The number of pyridine rings is 1. The van der Waals surface area contributed by atoms with Crippen LogP contribution in [0.5, 0.6) is 5.75 Å². The highest BCUT2D eigenvalue weighted by atomic mass is 19.1. The van der Waals surface area contributed by atoms with Crippen LogP contribution in [-0.4, -0.2) is 18.6 Å². The van der Waals surface area contributed by atoms with Crippen molar-refractivity contribution in [1.82, 2.24) is 4.98 Å². The fourth-order valence-corrected chi connectivity index (χ4v) is 1.71. The lowest BCUT2D eigenvalue weighted by Gasteiger charge is -2.09. The zero-order chi connectivity index (χ0) is 12.8. The Morgan fingerprint density at radius 3 is 2.94 bits per heavy atom. The van der Waals surface area contributed by atoms with Crippen molar-refractivity contribution < 1.29 is 9.13 Å². The Hall–Kier alpha value is -2.10. The van der Waals surface area contributed by atoms with Crippen LogP contribution in [0.3, 0.4) is 0 Å². The molecule has 0 radical (unpaired) electrons. The SMILES string of the molecule is COc1cccnc1NCCc1cccc(F)c1. The minimum absolute atomic E-state index is 0.206. The molecule has 18 heavy (non-hydrogen) atoms. The summed E-state index contributed by atoms with van der Waals surface area (Å²) in [5.74, 6) is 1.20. The fourth-order valence-electron chi connectivity index (χ4n) is 1.71. The first-order valence-electron chi connectivity index (χ1n) is 5.77. The highest BCUT2D eigenvalue weighted by Crippen LogP contribution is 2.19. The second kappa shape index (κ2) is 6.00. The van der Waals surface area contributed by atoms with E-state index in [2.05, 4.69) is 10.3 Å². The molecule has 0 amide bonds. The molecule has 0 atom stereocenters. The summed E-state index contributed by atoms with van der Waals surface area (Å²) in [6.45, 7) is 0.677. The van der Waals surface area contributed by atoms with E-state index in [1.54, 1.807) is 19.4 Å². The molecule has 0 unspecified atom stereocenters. The van der Waals surface area contributed by atoms with Gasteiger partial charge in [0.05, 0.1) is 7.11 Å². The number of hydrogen-bond donors (Lipinski definition) is 1. The quantitative estimate of drug-likeness (QED) is 0.880. The van der Waals surface area contributed by atoms with Gasteiger partial charge in [-0.1, -0.05) is 12.1 Å². The molecule has 0 aliphatic heterocycles. The van der Waals surface area contributed by atoms with Crippen LogP contribution in [0.15, 0.2) is 42.6 Å². The molecule has 0 saturated heterocycles. The van der Waals surface area contributed by atoms with Crippen molar-refractivity contribution in [1.29, 1.82) is 0 Å². The van der Waals surface area contributed by atoms with Crippen LogP contribution in [0.4, 0.5) is 10.2 Å². The summed E-state index contributed by atoms with van der Waals surface area (Å²) in [5.41, 5.74) is 0.956. The summed E-state index contributed by atoms with van der Waals surface area (Å²) in [5, 5.41) is 3.17. The monoisotopic (exact) mass is 246 g/mol. The van der Waals surface area contributed by atoms with Crippen LogP contribution >= 0.6 is 0 Å². The number of aromatic nitrogens is 1. The Kier molecular flexibility index (Phi) is 4.12. The van der Waals surface area contributed by atoms with Crippen LogP contribution in [-0.2, 0) is 6.42 Å². The van der Waals surface area contributed by atoms with Gasteiger partial charge in [-0.3, -0.25) is 0 Å². The highest BCUT2D eigenvalue weighted by molar-refractivity contribution is 5.49. The Morgan fingerprint density at radius 2 is 2.17 bits per heavy atom. The molecule has 3 nitrogen and oxygen atoms in total. The summed E-state index contributed by atoms with van der Waals surface area (Å²) in [4.78, 5) is 4.19. The van der Waals surface area contributed by atoms with Crippen molar-refractivity contribution in [2.24, 2.45) is 0 Å². The van der Waals surface area contributed by atoms with E-state index in [4.69, 9.17) is 4.74 Å². The van der Waals surface area contributed by atoms with Gasteiger partial charge in [0.1, 0.15) is 5.82 Å². The Morgan fingerprint density at radius 1 is 1.28 bits per heavy atom. The van der Waals surface area contributed by atoms with Gasteiger partial charge < -0.3 is 10.1 Å². The molecular weight excluding hydrogens is 231 g/mol. The molecule has 0 fully saturated rings. The molecule has 1 aromatic carbocycles. The third-order valence-electron chi connectivity index (χ3n) is 2.59. The number of hydrogen-bond acceptors (Lipinski definition) is 3. The van der Waals surface area contributed by atoms with Gasteiger partial charge in [-0.25, -0.2) is 9.37 Å². The molecule has 0 aliphatic carbocycles. The van der Waals surface area contributed by atoms with Crippen molar-refractivity contribution in [3.05, 3.63) is 54.0 Å². The molecule has 4 heteroatoms. The molecule has 94 valence electrons. The number of methoxy groups -OCH3 is 1. The maximum atomic E-state index is 13.0. The van der Waals surface area contributed by atoms with E-state index in [1.165, 1.54) is 12.1 Å². The maximum Gasteiger partial charge on any atom is 0.168 e. The molecule has 0 aliphatic rings. The average molecular weight is 246 g/mol. The van der Waals surface area contributed by atoms with Crippen LogP contribution < -0.4 is 10.1 Å². The summed E-state index contributed by atoms with van der Waals surface area (Å²) < 4.78 is 18.2. The van der Waals surface area contributed by atoms with Gasteiger partial charge in [-0.2, -0.15) is 0 Å². The van der Waals surface area contributed by atoms with Gasteiger partial charge in [0, 0.05) is 12.7 Å². The predicted octanol–water partition coefficient (Wildman–Crippen LogP) is 2.88. The molecule has 0 bridgehead atoms. The van der Waals surface area contributed by atoms with Crippen molar-refractivity contribution in [3.63, 3.8) is 0 Å². The fraction of sp³-hybridized carbons (Fsp3) is 0.214. The minimum Gasteiger partial charge on any atom is -0.493 e. The Bertz CT molecular complexity index is 517. The van der Waals surface area contributed by atoms with Crippen molar-refractivity contribution >= 4 is 5.82 Å². The molecule has 0 saturated carbocycles. The normalized spacial score (nSPS) is 10.1. The first-order valence-corrected chi connectivity index (χ1v) is 5.77. The van der Waals surface area contributed by atoms with E-state index < -0.39 is 0 Å². The van der Waals surface area contributed by atoms with Gasteiger partial charge in [0.2, 0.25) is 0 Å². The molecule has 0 spiro atoms. The molecule has 1 heterocycles. The van der Waals surface area contributed by atoms with Crippen molar-refractivity contribution in [2.75, 3.05) is 19.0 Å². The van der Waals surface area contributed by atoms with Gasteiger partial charge in [0.25, 0.3) is 0 Å². The van der Waals surface area contributed by atoms with E-state index >= 15 is 0 Å². The van der Waals surface area contributed by atoms with Crippen LogP contribution in [0.25, 0.3) is 0 Å². The van der Waals surface area contributed by atoms with Gasteiger partial charge >= 0.3 is 0 Å². The number of rotatable bonds is 5. The van der Waals surface area contributed by atoms with E-state index in [9.17, 15) is 4.39 Å². The van der Waals surface area contributed by atoms with Gasteiger partial charge in [-0.15, -0.1) is 0 Å². The smallest absolute Gasteiger partial charge is 0.168 e. The van der Waals surface area contributed by atoms with Gasteiger partial charge in [-0.05, 0) is 36.2 Å². The van der Waals surface area contributed by atoms with Crippen LogP contribution in [0.1, 0.15) is 5.56 Å². The summed E-state index contributed by atoms with van der Waals surface area (Å²) in [6, 6.07) is 10.3. The lowest BCUT2D eigenvalue weighted by molar-refractivity contribution is 0.415. The number of halogens is 1. The Labute approximate surface area is 106 Å². The van der Waals surface area contributed by atoms with Crippen LogP contribution in [0, 0.1) is 5.82 Å². The third-order valence-corrected chi connectivity index (χ3v) is 2.59. The Balaban J connectivity index is 1.92. The zero-order valence-electron chi connectivity index (χ0n) is 10.2. The molecule has 1 N–H and O–H groups in total. The predicted molar refractivity (Wildman–Crippen MR) is 69.4 cm³/mol. The maximum absolute atomic E-state index is 13.0. The molecule has 2 rings (SSSR count). The second-order valence-corrected chi connectivity index (χ2v) is 3.86. The minimum atomic E-state index is -0.206. The van der Waals surface area contributed by atoms with E-state index in [0.29, 0.717) is 18.1 Å². The van der Waals surface area contributed by atoms with E-state index in [1.807, 2.05) is 18.2 Å². The number of benzene rings is 1. The third kappa shape index (κ3) is 3.20. The second-order valence-electron chi connectivity index (χ2n) is 3.86. The standard InChI is InChI=1S/C14H15FN2O/c1-18-13-6-3-8-16-14(13)17-9-7-11-4-2-5-12(15)10-11/h2-6,8,10H,7,9H2,1H3,(H,16,17). The lowest BCUT2D eigenvalue weighted by Crippen LogP contribution is -2.07. The number of nitrogens with zero attached hydrogens (tertiary/aromatic N) is 1. The summed E-state index contributed by atoms with van der Waals surface area (Å²) in [6.07, 6.45) is 2.44. The van der Waals surface area contributed by atoms with E-state index in [0.717, 1.165) is 12.0 Å². The molecule has 1 aromatic heterocycles. The van der Waals surface area contributed by atoms with Gasteiger partial charge in [0.15, 0.2) is 11.6 Å². The van der Waals surface area contributed by atoms with Crippen molar-refractivity contribution in [2.45, 2.75) is 6.42 Å². The average Bonchev–Trinajstić information content (AvgIpc) is 2.39.